The molecule has 0 bridgehead atoms. The average molecular weight is 531 g/mol. The topological polar surface area (TPSA) is 39.7 Å². The zero-order valence-corrected chi connectivity index (χ0v) is 20.1. The second kappa shape index (κ2) is 9.67. The fourth-order valence-corrected chi connectivity index (χ4v) is 4.77. The Morgan fingerprint density at radius 3 is 2.50 bits per heavy atom. The molecule has 7 heteroatoms. The highest BCUT2D eigenvalue weighted by atomic mass is 127. The first-order valence-corrected chi connectivity index (χ1v) is 11.0. The van der Waals surface area contributed by atoms with Crippen LogP contribution in [-0.2, 0) is 5.41 Å². The van der Waals surface area contributed by atoms with Crippen LogP contribution in [0.3, 0.4) is 0 Å². The number of rotatable bonds is 5. The summed E-state index contributed by atoms with van der Waals surface area (Å²) in [5, 5.41) is 11.5. The Labute approximate surface area is 193 Å². The van der Waals surface area contributed by atoms with Crippen molar-refractivity contribution in [2.45, 2.75) is 37.1 Å². The number of nitrogens with zero attached hydrogens (tertiary/aromatic N) is 2. The summed E-state index contributed by atoms with van der Waals surface area (Å²) in [5.41, 5.74) is 1.61. The van der Waals surface area contributed by atoms with E-state index in [9.17, 15) is 0 Å². The first kappa shape index (κ1) is 21.7. The van der Waals surface area contributed by atoms with Crippen LogP contribution in [0.5, 0.6) is 0 Å². The fraction of sp³-hybridized carbons (Fsp3) is 0.476. The summed E-state index contributed by atoms with van der Waals surface area (Å²) in [7, 11) is 1.86. The van der Waals surface area contributed by atoms with Crippen LogP contribution >= 0.6 is 46.9 Å². The van der Waals surface area contributed by atoms with Crippen LogP contribution in [0.4, 0.5) is 5.00 Å². The van der Waals surface area contributed by atoms with Gasteiger partial charge < -0.3 is 15.5 Å². The van der Waals surface area contributed by atoms with Crippen molar-refractivity contribution in [1.29, 1.82) is 0 Å². The van der Waals surface area contributed by atoms with Gasteiger partial charge in [0.25, 0.3) is 0 Å². The average Bonchev–Trinajstić information content (AvgIpc) is 3.29. The molecule has 2 heterocycles. The van der Waals surface area contributed by atoms with Crippen LogP contribution in [0.15, 0.2) is 46.8 Å². The standard InChI is InChI=1S/C21H27ClN4S.HI/c1-23-20(24-15-21(10-11-21)16-4-6-17(22)7-5-16)25-18-8-12-26(13-9-18)19-3-2-14-27-19;/h2-7,14,18H,8-13,15H2,1H3,(H2,23,24,25);1H. The van der Waals surface area contributed by atoms with Crippen molar-refractivity contribution in [3.05, 3.63) is 52.4 Å². The highest BCUT2D eigenvalue weighted by molar-refractivity contribution is 14.0. The van der Waals surface area contributed by atoms with Crippen molar-refractivity contribution in [2.24, 2.45) is 4.99 Å². The summed E-state index contributed by atoms with van der Waals surface area (Å²) >= 11 is 7.86. The van der Waals surface area contributed by atoms with Crippen LogP contribution in [-0.4, -0.2) is 38.7 Å². The summed E-state index contributed by atoms with van der Waals surface area (Å²) in [4.78, 5) is 6.94. The minimum Gasteiger partial charge on any atom is -0.363 e. The molecule has 1 aliphatic heterocycles. The van der Waals surface area contributed by atoms with Crippen LogP contribution in [0, 0.1) is 0 Å². The minimum atomic E-state index is 0. The lowest BCUT2D eigenvalue weighted by Crippen LogP contribution is -2.49. The van der Waals surface area contributed by atoms with Gasteiger partial charge in [-0.1, -0.05) is 23.7 Å². The Hall–Kier alpha value is -0.990. The van der Waals surface area contributed by atoms with Crippen molar-refractivity contribution in [1.82, 2.24) is 10.6 Å². The smallest absolute Gasteiger partial charge is 0.191 e. The van der Waals surface area contributed by atoms with E-state index in [0.717, 1.165) is 43.5 Å². The van der Waals surface area contributed by atoms with E-state index in [-0.39, 0.29) is 29.4 Å². The third kappa shape index (κ3) is 5.13. The number of halogens is 2. The van der Waals surface area contributed by atoms with E-state index in [1.807, 2.05) is 30.5 Å². The van der Waals surface area contributed by atoms with Crippen molar-refractivity contribution >= 4 is 57.9 Å². The molecule has 2 fully saturated rings. The van der Waals surface area contributed by atoms with Crippen LogP contribution < -0.4 is 15.5 Å². The summed E-state index contributed by atoms with van der Waals surface area (Å²) in [5.74, 6) is 0.921. The second-order valence-corrected chi connectivity index (χ2v) is 8.93. The van der Waals surface area contributed by atoms with E-state index >= 15 is 0 Å². The Bertz CT molecular complexity index is 766. The fourth-order valence-electron chi connectivity index (χ4n) is 3.86. The summed E-state index contributed by atoms with van der Waals surface area (Å²) in [6.45, 7) is 3.12. The number of aliphatic imine (C=N–C) groups is 1. The normalized spacial score (nSPS) is 19.1. The lowest BCUT2D eigenvalue weighted by atomic mass is 9.96. The van der Waals surface area contributed by atoms with Gasteiger partial charge in [0, 0.05) is 43.2 Å². The molecule has 4 nitrogen and oxygen atoms in total. The second-order valence-electron chi connectivity index (χ2n) is 7.57. The van der Waals surface area contributed by atoms with Gasteiger partial charge in [0.1, 0.15) is 0 Å². The zero-order valence-electron chi connectivity index (χ0n) is 16.2. The van der Waals surface area contributed by atoms with E-state index in [0.29, 0.717) is 6.04 Å². The molecule has 1 aromatic carbocycles. The molecular formula is C21H28ClIN4S. The number of piperidine rings is 1. The van der Waals surface area contributed by atoms with E-state index in [1.165, 1.54) is 23.4 Å². The molecule has 0 unspecified atom stereocenters. The van der Waals surface area contributed by atoms with Crippen LogP contribution in [0.1, 0.15) is 31.2 Å². The lowest BCUT2D eigenvalue weighted by Gasteiger charge is -2.33. The SMILES string of the molecule is CN=C(NCC1(c2ccc(Cl)cc2)CC1)NC1CCN(c2cccs2)CC1.I. The highest BCUT2D eigenvalue weighted by Gasteiger charge is 2.44. The first-order valence-electron chi connectivity index (χ1n) is 9.70. The molecular weight excluding hydrogens is 503 g/mol. The number of benzene rings is 1. The van der Waals surface area contributed by atoms with Crippen LogP contribution in [0.2, 0.25) is 5.02 Å². The van der Waals surface area contributed by atoms with E-state index in [4.69, 9.17) is 11.6 Å². The van der Waals surface area contributed by atoms with Gasteiger partial charge in [0.15, 0.2) is 5.96 Å². The maximum atomic E-state index is 6.04. The first-order chi connectivity index (χ1) is 13.2. The van der Waals surface area contributed by atoms with Gasteiger partial charge in [-0.3, -0.25) is 4.99 Å². The summed E-state index contributed by atoms with van der Waals surface area (Å²) in [6, 6.07) is 13.1. The molecule has 28 heavy (non-hydrogen) atoms. The Balaban J connectivity index is 0.00000225. The van der Waals surface area contributed by atoms with Crippen molar-refractivity contribution in [3.63, 3.8) is 0 Å². The molecule has 2 N–H and O–H groups in total. The van der Waals surface area contributed by atoms with E-state index < -0.39 is 0 Å². The van der Waals surface area contributed by atoms with Gasteiger partial charge in [-0.2, -0.15) is 0 Å². The molecule has 0 spiro atoms. The lowest BCUT2D eigenvalue weighted by molar-refractivity contribution is 0.461. The maximum Gasteiger partial charge on any atom is 0.191 e. The molecule has 152 valence electrons. The zero-order chi connectivity index (χ0) is 18.7. The molecule has 0 amide bonds. The number of nitrogens with one attached hydrogen (secondary N) is 2. The van der Waals surface area contributed by atoms with Gasteiger partial charge in [-0.25, -0.2) is 0 Å². The summed E-state index contributed by atoms with van der Waals surface area (Å²) < 4.78 is 0. The molecule has 2 aromatic rings. The monoisotopic (exact) mass is 530 g/mol. The number of anilines is 1. The van der Waals surface area contributed by atoms with Gasteiger partial charge in [0.2, 0.25) is 0 Å². The van der Waals surface area contributed by atoms with E-state index in [1.54, 1.807) is 0 Å². The predicted octanol–water partition coefficient (Wildman–Crippen LogP) is 4.89. The van der Waals surface area contributed by atoms with E-state index in [2.05, 4.69) is 50.2 Å². The van der Waals surface area contributed by atoms with Gasteiger partial charge in [-0.15, -0.1) is 35.3 Å². The molecule has 2 aliphatic rings. The van der Waals surface area contributed by atoms with Gasteiger partial charge in [-0.05, 0) is 60.9 Å². The molecule has 0 radical (unpaired) electrons. The third-order valence-corrected chi connectivity index (χ3v) is 6.96. The molecule has 1 aliphatic carbocycles. The minimum absolute atomic E-state index is 0. The summed E-state index contributed by atoms with van der Waals surface area (Å²) in [6.07, 6.45) is 4.72. The number of thiophene rings is 1. The number of hydrogen-bond donors (Lipinski definition) is 2. The van der Waals surface area contributed by atoms with Crippen molar-refractivity contribution in [2.75, 3.05) is 31.6 Å². The third-order valence-electron chi connectivity index (χ3n) is 5.78. The number of guanidine groups is 1. The van der Waals surface area contributed by atoms with Crippen molar-refractivity contribution < 1.29 is 0 Å². The molecule has 1 aromatic heterocycles. The number of hydrogen-bond acceptors (Lipinski definition) is 3. The Morgan fingerprint density at radius 2 is 1.93 bits per heavy atom. The van der Waals surface area contributed by atoms with Gasteiger partial charge >= 0.3 is 0 Å². The maximum absolute atomic E-state index is 6.04. The predicted molar refractivity (Wildman–Crippen MR) is 132 cm³/mol. The van der Waals surface area contributed by atoms with Crippen molar-refractivity contribution in [3.8, 4) is 0 Å². The Morgan fingerprint density at radius 1 is 1.21 bits per heavy atom. The quantitative estimate of drug-likeness (QED) is 0.329. The van der Waals surface area contributed by atoms with Crippen LogP contribution in [0.25, 0.3) is 0 Å². The van der Waals surface area contributed by atoms with Gasteiger partial charge in [0.05, 0.1) is 5.00 Å². The molecule has 1 saturated carbocycles. The largest absolute Gasteiger partial charge is 0.363 e. The molecule has 0 atom stereocenters. The molecule has 4 rings (SSSR count). The Kier molecular flexibility index (Phi) is 7.50. The highest BCUT2D eigenvalue weighted by Crippen LogP contribution is 2.47. The molecule has 1 saturated heterocycles.